The van der Waals surface area contributed by atoms with Gasteiger partial charge in [-0.15, -0.1) is 0 Å². The van der Waals surface area contributed by atoms with Crippen LogP contribution in [0.1, 0.15) is 63.9 Å². The summed E-state index contributed by atoms with van der Waals surface area (Å²) in [6.45, 7) is 7.88. The Balaban J connectivity index is 1.69. The van der Waals surface area contributed by atoms with Crippen LogP contribution < -0.4 is 5.32 Å². The Hall–Kier alpha value is -1.59. The molecule has 0 bridgehead atoms. The van der Waals surface area contributed by atoms with Gasteiger partial charge in [0.15, 0.2) is 0 Å². The summed E-state index contributed by atoms with van der Waals surface area (Å²) >= 11 is 0. The molecular formula is C23H37N3O2. The number of benzene rings is 1. The minimum absolute atomic E-state index is 0.0739. The van der Waals surface area contributed by atoms with E-state index < -0.39 is 0 Å². The highest BCUT2D eigenvalue weighted by atomic mass is 16.3. The van der Waals surface area contributed by atoms with Gasteiger partial charge in [-0.05, 0) is 63.0 Å². The molecule has 1 aromatic carbocycles. The second kappa shape index (κ2) is 10.3. The number of hydrogen-bond donors (Lipinski definition) is 2. The van der Waals surface area contributed by atoms with Crippen molar-refractivity contribution in [2.75, 3.05) is 32.7 Å². The number of carbonyl (C=O) groups excluding carboxylic acids is 1. The third-order valence-corrected chi connectivity index (χ3v) is 6.43. The fourth-order valence-corrected chi connectivity index (χ4v) is 5.00. The first-order valence-electron chi connectivity index (χ1n) is 11.1. The molecule has 2 fully saturated rings. The minimum atomic E-state index is 0.0739. The van der Waals surface area contributed by atoms with Crippen LogP contribution in [0.5, 0.6) is 5.75 Å². The summed E-state index contributed by atoms with van der Waals surface area (Å²) in [5.41, 5.74) is 1.28. The molecule has 1 aliphatic carbocycles. The molecule has 2 aliphatic rings. The summed E-state index contributed by atoms with van der Waals surface area (Å²) < 4.78 is 0. The quantitative estimate of drug-likeness (QED) is 0.830. The van der Waals surface area contributed by atoms with Gasteiger partial charge in [-0.3, -0.25) is 14.6 Å². The predicted octanol–water partition coefficient (Wildman–Crippen LogP) is 3.52. The fourth-order valence-electron chi connectivity index (χ4n) is 5.00. The average Bonchev–Trinajstić information content (AvgIpc) is 2.71. The molecule has 156 valence electrons. The van der Waals surface area contributed by atoms with Crippen LogP contribution in [-0.4, -0.2) is 59.1 Å². The van der Waals surface area contributed by atoms with Crippen molar-refractivity contribution in [3.05, 3.63) is 29.8 Å². The van der Waals surface area contributed by atoms with Crippen LogP contribution in [0.3, 0.4) is 0 Å². The Labute approximate surface area is 170 Å². The molecule has 1 aromatic rings. The Kier molecular flexibility index (Phi) is 7.74. The molecule has 3 rings (SSSR count). The van der Waals surface area contributed by atoms with Gasteiger partial charge in [0.2, 0.25) is 5.91 Å². The normalized spacial score (nSPS) is 22.5. The number of aromatic hydroxyl groups is 1. The lowest BCUT2D eigenvalue weighted by Crippen LogP contribution is -2.53. The van der Waals surface area contributed by atoms with Crippen molar-refractivity contribution in [2.45, 2.75) is 70.4 Å². The van der Waals surface area contributed by atoms with Crippen molar-refractivity contribution in [1.29, 1.82) is 0 Å². The zero-order valence-electron chi connectivity index (χ0n) is 17.5. The second-order valence-electron chi connectivity index (χ2n) is 8.59. The van der Waals surface area contributed by atoms with E-state index >= 15 is 0 Å². The van der Waals surface area contributed by atoms with Gasteiger partial charge in [-0.25, -0.2) is 0 Å². The molecule has 1 amide bonds. The molecule has 0 aromatic heterocycles. The van der Waals surface area contributed by atoms with Gasteiger partial charge in [0.1, 0.15) is 5.75 Å². The molecule has 5 heteroatoms. The third kappa shape index (κ3) is 5.71. The van der Waals surface area contributed by atoms with Crippen molar-refractivity contribution in [2.24, 2.45) is 0 Å². The van der Waals surface area contributed by atoms with E-state index in [2.05, 4.69) is 22.0 Å². The Morgan fingerprint density at radius 2 is 1.79 bits per heavy atom. The summed E-state index contributed by atoms with van der Waals surface area (Å²) in [4.78, 5) is 17.8. The molecule has 1 spiro atoms. The van der Waals surface area contributed by atoms with Gasteiger partial charge in [0.05, 0.1) is 0 Å². The number of nitrogens with zero attached hydrogens (tertiary/aromatic N) is 2. The third-order valence-electron chi connectivity index (χ3n) is 6.43. The first kappa shape index (κ1) is 21.1. The van der Waals surface area contributed by atoms with Crippen LogP contribution in [0.25, 0.3) is 0 Å². The molecule has 5 nitrogen and oxygen atoms in total. The lowest BCUT2D eigenvalue weighted by atomic mass is 9.77. The van der Waals surface area contributed by atoms with E-state index in [0.717, 1.165) is 58.4 Å². The highest BCUT2D eigenvalue weighted by Gasteiger charge is 2.39. The Morgan fingerprint density at radius 1 is 1.04 bits per heavy atom. The molecule has 2 N–H and O–H groups in total. The summed E-state index contributed by atoms with van der Waals surface area (Å²) in [6, 6.07) is 7.47. The minimum Gasteiger partial charge on any atom is -0.508 e. The largest absolute Gasteiger partial charge is 0.508 e. The van der Waals surface area contributed by atoms with Crippen LogP contribution >= 0.6 is 0 Å². The molecule has 0 unspecified atom stereocenters. The van der Waals surface area contributed by atoms with Crippen LogP contribution in [0.2, 0.25) is 0 Å². The van der Waals surface area contributed by atoms with Crippen LogP contribution in [-0.2, 0) is 11.3 Å². The van der Waals surface area contributed by atoms with Crippen LogP contribution in [0.4, 0.5) is 0 Å². The van der Waals surface area contributed by atoms with Gasteiger partial charge in [-0.2, -0.15) is 0 Å². The molecule has 1 heterocycles. The lowest BCUT2D eigenvalue weighted by Gasteiger charge is -2.46. The first-order chi connectivity index (χ1) is 13.6. The van der Waals surface area contributed by atoms with Gasteiger partial charge >= 0.3 is 0 Å². The fraction of sp³-hybridized carbons (Fsp3) is 0.696. The average molecular weight is 388 g/mol. The van der Waals surface area contributed by atoms with Crippen LogP contribution in [0, 0.1) is 0 Å². The van der Waals surface area contributed by atoms with E-state index in [9.17, 15) is 9.90 Å². The van der Waals surface area contributed by atoms with E-state index in [4.69, 9.17) is 0 Å². The van der Waals surface area contributed by atoms with Crippen molar-refractivity contribution in [1.82, 2.24) is 15.1 Å². The maximum Gasteiger partial charge on any atom is 0.221 e. The number of hydrogen-bond acceptors (Lipinski definition) is 4. The van der Waals surface area contributed by atoms with Gasteiger partial charge < -0.3 is 10.4 Å². The molecule has 1 aliphatic heterocycles. The maximum atomic E-state index is 12.8. The molecule has 28 heavy (non-hydrogen) atoms. The highest BCUT2D eigenvalue weighted by molar-refractivity contribution is 5.77. The topological polar surface area (TPSA) is 55.8 Å². The summed E-state index contributed by atoms with van der Waals surface area (Å²) in [6.07, 6.45) is 9.07. The van der Waals surface area contributed by atoms with E-state index in [1.54, 1.807) is 12.1 Å². The first-order valence-corrected chi connectivity index (χ1v) is 11.1. The SMILES string of the molecule is CCCN1CCCN(Cc2ccc(O)cc2)CCNC(=O)CC12CCCCC2. The lowest BCUT2D eigenvalue weighted by molar-refractivity contribution is -0.125. The van der Waals surface area contributed by atoms with Gasteiger partial charge in [0, 0.05) is 31.6 Å². The molecule has 0 radical (unpaired) electrons. The van der Waals surface area contributed by atoms with E-state index in [1.807, 2.05) is 12.1 Å². The predicted molar refractivity (Wildman–Crippen MR) is 113 cm³/mol. The second-order valence-corrected chi connectivity index (χ2v) is 8.59. The number of carbonyl (C=O) groups is 1. The van der Waals surface area contributed by atoms with E-state index in [0.29, 0.717) is 18.7 Å². The van der Waals surface area contributed by atoms with E-state index in [1.165, 1.54) is 24.8 Å². The maximum absolute atomic E-state index is 12.8. The Morgan fingerprint density at radius 3 is 2.50 bits per heavy atom. The van der Waals surface area contributed by atoms with E-state index in [-0.39, 0.29) is 11.4 Å². The Bertz CT molecular complexity index is 611. The summed E-state index contributed by atoms with van der Waals surface area (Å²) in [5.74, 6) is 0.524. The number of nitrogens with one attached hydrogen (secondary N) is 1. The van der Waals surface area contributed by atoms with Crippen molar-refractivity contribution in [3.63, 3.8) is 0 Å². The molecule has 1 saturated carbocycles. The number of phenolic OH excluding ortho intramolecular Hbond substituents is 1. The molecular weight excluding hydrogens is 350 g/mol. The standard InChI is InChI=1S/C23H37N3O2/c1-2-14-26-16-6-15-25(19-20-7-9-21(27)10-8-20)17-13-24-22(28)18-23(26)11-4-3-5-12-23/h7-10,27H,2-6,11-19H2,1H3,(H,24,28). The van der Waals surface area contributed by atoms with Crippen LogP contribution in [0.15, 0.2) is 24.3 Å². The highest BCUT2D eigenvalue weighted by Crippen LogP contribution is 2.37. The number of rotatable bonds is 4. The van der Waals surface area contributed by atoms with Crippen molar-refractivity contribution in [3.8, 4) is 5.75 Å². The zero-order valence-corrected chi connectivity index (χ0v) is 17.5. The van der Waals surface area contributed by atoms with Gasteiger partial charge in [-0.1, -0.05) is 38.3 Å². The summed E-state index contributed by atoms with van der Waals surface area (Å²) in [7, 11) is 0. The molecule has 0 atom stereocenters. The van der Waals surface area contributed by atoms with Crippen molar-refractivity contribution >= 4 is 5.91 Å². The number of amides is 1. The monoisotopic (exact) mass is 387 g/mol. The summed E-state index contributed by atoms with van der Waals surface area (Å²) in [5, 5.41) is 12.7. The molecule has 1 saturated heterocycles. The number of phenols is 1. The zero-order chi connectivity index (χ0) is 19.8. The van der Waals surface area contributed by atoms with Gasteiger partial charge in [0.25, 0.3) is 0 Å². The smallest absolute Gasteiger partial charge is 0.221 e. The van der Waals surface area contributed by atoms with Crippen molar-refractivity contribution < 1.29 is 9.90 Å².